The molecule has 1 fully saturated rings. The molecule has 2 aliphatic rings. The van der Waals surface area contributed by atoms with Gasteiger partial charge in [-0.2, -0.15) is 0 Å². The van der Waals surface area contributed by atoms with Gasteiger partial charge in [-0.1, -0.05) is 6.07 Å². The number of fused-ring (bicyclic) bond motifs is 3. The molecule has 12 heteroatoms. The zero-order chi connectivity index (χ0) is 28.3. The van der Waals surface area contributed by atoms with Crippen LogP contribution in [0.4, 0.5) is 5.69 Å². The molecule has 0 saturated carbocycles. The van der Waals surface area contributed by atoms with E-state index < -0.39 is 27.8 Å². The Morgan fingerprint density at radius 2 is 1.74 bits per heavy atom. The minimum absolute atomic E-state index is 0.0488. The van der Waals surface area contributed by atoms with E-state index in [-0.39, 0.29) is 35.1 Å². The number of hydrogen-bond acceptors (Lipinski definition) is 9. The number of nitrogens with one attached hydrogen (secondary N) is 3. The summed E-state index contributed by atoms with van der Waals surface area (Å²) in [6.45, 7) is 1.22. The first-order chi connectivity index (χ1) is 18.6. The van der Waals surface area contributed by atoms with Gasteiger partial charge in [0.25, 0.3) is 0 Å². The van der Waals surface area contributed by atoms with Crippen molar-refractivity contribution in [2.24, 2.45) is 0 Å². The van der Waals surface area contributed by atoms with E-state index in [0.717, 1.165) is 11.1 Å². The standard InChI is InChI=1S/C27H33N3O8S/c1-15(31)29-20-7-5-16-11-23(36-2)26(37-3)27(38-4)25(16)18-6-8-21(22(32)12-19(18)20)28-13-24(33)30-17-9-10-39(34,35)14-17/h6,8,11-12,17,20H,5,7,9-10,13-14H2,1-4H3,(H,28,32)(H,29,31)(H,30,33)/t17?,20-/m1/s1. The first-order valence-electron chi connectivity index (χ1n) is 12.6. The van der Waals surface area contributed by atoms with Crippen LogP contribution in [0.2, 0.25) is 0 Å². The summed E-state index contributed by atoms with van der Waals surface area (Å²) in [5, 5.41) is 8.53. The van der Waals surface area contributed by atoms with E-state index in [1.807, 2.05) is 6.07 Å². The normalized spacial score (nSPS) is 19.1. The highest BCUT2D eigenvalue weighted by Gasteiger charge is 2.30. The van der Waals surface area contributed by atoms with Crippen molar-refractivity contribution in [3.05, 3.63) is 45.6 Å². The highest BCUT2D eigenvalue weighted by Crippen LogP contribution is 2.50. The Morgan fingerprint density at radius 3 is 2.36 bits per heavy atom. The molecule has 0 bridgehead atoms. The van der Waals surface area contributed by atoms with Crippen LogP contribution in [0.15, 0.2) is 29.1 Å². The number of hydrogen-bond donors (Lipinski definition) is 3. The quantitative estimate of drug-likeness (QED) is 0.438. The predicted molar refractivity (Wildman–Crippen MR) is 146 cm³/mol. The molecule has 2 aromatic carbocycles. The van der Waals surface area contributed by atoms with E-state index in [4.69, 9.17) is 14.2 Å². The zero-order valence-electron chi connectivity index (χ0n) is 22.4. The number of ether oxygens (including phenoxy) is 3. The second-order valence-corrected chi connectivity index (χ2v) is 11.8. The number of amides is 2. The number of anilines is 1. The maximum Gasteiger partial charge on any atom is 0.239 e. The lowest BCUT2D eigenvalue weighted by atomic mass is 9.95. The average molecular weight is 560 g/mol. The molecule has 3 N–H and O–H groups in total. The molecule has 2 aromatic rings. The van der Waals surface area contributed by atoms with Crippen molar-refractivity contribution in [2.75, 3.05) is 44.7 Å². The van der Waals surface area contributed by atoms with Crippen molar-refractivity contribution in [3.63, 3.8) is 0 Å². The van der Waals surface area contributed by atoms with Crippen LogP contribution in [0, 0.1) is 0 Å². The van der Waals surface area contributed by atoms with Crippen molar-refractivity contribution in [1.29, 1.82) is 0 Å². The van der Waals surface area contributed by atoms with Gasteiger partial charge in [0.05, 0.1) is 51.1 Å². The fourth-order valence-corrected chi connectivity index (χ4v) is 6.89. The smallest absolute Gasteiger partial charge is 0.239 e. The fraction of sp³-hybridized carbons (Fsp3) is 0.444. The second kappa shape index (κ2) is 11.5. The molecule has 39 heavy (non-hydrogen) atoms. The third-order valence-electron chi connectivity index (χ3n) is 6.95. The number of carbonyl (C=O) groups is 2. The summed E-state index contributed by atoms with van der Waals surface area (Å²) in [6.07, 6.45) is 1.47. The molecular formula is C27H33N3O8S. The highest BCUT2D eigenvalue weighted by molar-refractivity contribution is 7.91. The molecule has 1 saturated heterocycles. The Hall–Kier alpha value is -3.80. The number of benzene rings is 1. The van der Waals surface area contributed by atoms with Gasteiger partial charge in [0.15, 0.2) is 21.3 Å². The molecule has 210 valence electrons. The van der Waals surface area contributed by atoms with Crippen LogP contribution in [-0.4, -0.2) is 65.7 Å². The van der Waals surface area contributed by atoms with Gasteiger partial charge >= 0.3 is 0 Å². The van der Waals surface area contributed by atoms with Gasteiger partial charge in [-0.05, 0) is 54.2 Å². The lowest BCUT2D eigenvalue weighted by Crippen LogP contribution is -2.39. The first-order valence-corrected chi connectivity index (χ1v) is 14.4. The molecule has 1 heterocycles. The monoisotopic (exact) mass is 559 g/mol. The van der Waals surface area contributed by atoms with Gasteiger partial charge in [-0.25, -0.2) is 8.42 Å². The fourth-order valence-electron chi connectivity index (χ4n) is 5.22. The summed E-state index contributed by atoms with van der Waals surface area (Å²) in [6, 6.07) is 5.79. The van der Waals surface area contributed by atoms with Crippen LogP contribution in [0.5, 0.6) is 17.2 Å². The van der Waals surface area contributed by atoms with Crippen molar-refractivity contribution < 1.29 is 32.2 Å². The minimum Gasteiger partial charge on any atom is -0.493 e. The maximum atomic E-state index is 13.3. The van der Waals surface area contributed by atoms with Crippen LogP contribution >= 0.6 is 0 Å². The predicted octanol–water partition coefficient (Wildman–Crippen LogP) is 1.58. The van der Waals surface area contributed by atoms with Gasteiger partial charge in [-0.3, -0.25) is 14.4 Å². The van der Waals surface area contributed by atoms with Crippen molar-refractivity contribution in [3.8, 4) is 28.4 Å². The van der Waals surface area contributed by atoms with E-state index in [2.05, 4.69) is 16.0 Å². The van der Waals surface area contributed by atoms with Crippen molar-refractivity contribution >= 4 is 27.3 Å². The van der Waals surface area contributed by atoms with Crippen molar-refractivity contribution in [2.45, 2.75) is 38.3 Å². The molecule has 4 rings (SSSR count). The van der Waals surface area contributed by atoms with E-state index in [1.54, 1.807) is 12.1 Å². The SMILES string of the molecule is COc1cc2c(c(OC)c1OC)-c1ccc(NCC(=O)NC3CCS(=O)(=O)C3)c(=O)cc1[C@H](NC(C)=O)CC2. The third kappa shape index (κ3) is 6.11. The zero-order valence-corrected chi connectivity index (χ0v) is 23.2. The Balaban J connectivity index is 1.74. The van der Waals surface area contributed by atoms with Crippen LogP contribution in [0.3, 0.4) is 0 Å². The maximum absolute atomic E-state index is 13.3. The van der Waals surface area contributed by atoms with E-state index in [1.165, 1.54) is 34.3 Å². The molecule has 2 atom stereocenters. The largest absolute Gasteiger partial charge is 0.493 e. The average Bonchev–Trinajstić information content (AvgIpc) is 3.05. The summed E-state index contributed by atoms with van der Waals surface area (Å²) < 4.78 is 40.3. The molecule has 0 aromatic heterocycles. The van der Waals surface area contributed by atoms with E-state index >= 15 is 0 Å². The molecule has 11 nitrogen and oxygen atoms in total. The molecule has 1 aliphatic heterocycles. The molecule has 2 amide bonds. The van der Waals surface area contributed by atoms with Gasteiger partial charge in [0, 0.05) is 18.5 Å². The first kappa shape index (κ1) is 28.2. The van der Waals surface area contributed by atoms with E-state index in [0.29, 0.717) is 47.6 Å². The lowest BCUT2D eigenvalue weighted by Gasteiger charge is -2.19. The van der Waals surface area contributed by atoms with Gasteiger partial charge in [-0.15, -0.1) is 0 Å². The summed E-state index contributed by atoms with van der Waals surface area (Å²) in [5.41, 5.74) is 2.71. The van der Waals surface area contributed by atoms with Crippen LogP contribution in [-0.2, 0) is 25.8 Å². The number of methoxy groups -OCH3 is 3. The van der Waals surface area contributed by atoms with Gasteiger partial charge in [0.1, 0.15) is 0 Å². The Labute approximate surface area is 227 Å². The van der Waals surface area contributed by atoms with Crippen LogP contribution in [0.25, 0.3) is 11.1 Å². The second-order valence-electron chi connectivity index (χ2n) is 9.62. The molecular weight excluding hydrogens is 526 g/mol. The number of carbonyl (C=O) groups excluding carboxylic acids is 2. The Morgan fingerprint density at radius 1 is 1.00 bits per heavy atom. The topological polar surface area (TPSA) is 149 Å². The van der Waals surface area contributed by atoms with Crippen LogP contribution < -0.4 is 35.6 Å². The number of rotatable bonds is 8. The summed E-state index contributed by atoms with van der Waals surface area (Å²) in [5.74, 6) is 0.662. The Kier molecular flexibility index (Phi) is 8.34. The Bertz CT molecular complexity index is 1460. The molecule has 1 unspecified atom stereocenters. The highest BCUT2D eigenvalue weighted by atomic mass is 32.2. The van der Waals surface area contributed by atoms with Crippen LogP contribution in [0.1, 0.15) is 36.9 Å². The van der Waals surface area contributed by atoms with Crippen molar-refractivity contribution in [1.82, 2.24) is 10.6 Å². The molecule has 1 aliphatic carbocycles. The summed E-state index contributed by atoms with van der Waals surface area (Å²) >= 11 is 0. The molecule has 0 spiro atoms. The number of aryl methyl sites for hydroxylation is 1. The van der Waals surface area contributed by atoms with Gasteiger partial charge in [0.2, 0.25) is 23.0 Å². The van der Waals surface area contributed by atoms with Gasteiger partial charge < -0.3 is 30.2 Å². The summed E-state index contributed by atoms with van der Waals surface area (Å²) in [4.78, 5) is 37.8. The lowest BCUT2D eigenvalue weighted by molar-refractivity contribution is -0.120. The third-order valence-corrected chi connectivity index (χ3v) is 8.72. The summed E-state index contributed by atoms with van der Waals surface area (Å²) in [7, 11) is 1.44. The number of sulfone groups is 1. The van der Waals surface area contributed by atoms with E-state index in [9.17, 15) is 22.8 Å². The molecule has 0 radical (unpaired) electrons. The minimum atomic E-state index is -3.13.